The van der Waals surface area contributed by atoms with Crippen LogP contribution in [0, 0.1) is 10.1 Å². The van der Waals surface area contributed by atoms with Gasteiger partial charge in [0.15, 0.2) is 0 Å². The van der Waals surface area contributed by atoms with Crippen LogP contribution in [0.25, 0.3) is 0 Å². The summed E-state index contributed by atoms with van der Waals surface area (Å²) in [7, 11) is 0. The molecule has 0 atom stereocenters. The Balaban J connectivity index is 1.69. The van der Waals surface area contributed by atoms with Gasteiger partial charge in [0.25, 0.3) is 5.69 Å². The summed E-state index contributed by atoms with van der Waals surface area (Å²) in [6.45, 7) is 8.13. The molecule has 0 bridgehead atoms. The first kappa shape index (κ1) is 21.4. The lowest BCUT2D eigenvalue weighted by atomic mass is 10.2. The summed E-state index contributed by atoms with van der Waals surface area (Å²) in [6, 6.07) is 3.05. The zero-order valence-corrected chi connectivity index (χ0v) is 16.5. The molecular weight excluding hydrogens is 366 g/mol. The maximum atomic E-state index is 12.3. The number of ether oxygens (including phenoxy) is 1. The number of carbonyl (C=O) groups excluding carboxylic acids is 2. The molecule has 0 aromatic carbocycles. The number of nitrogens with one attached hydrogen (secondary N) is 1. The minimum absolute atomic E-state index is 0.0438. The number of piperazine rings is 1. The number of nitrogens with zero attached hydrogens (tertiary/aromatic N) is 4. The fourth-order valence-electron chi connectivity index (χ4n) is 2.76. The number of pyridine rings is 1. The number of carbonyl (C=O) groups is 2. The van der Waals surface area contributed by atoms with Crippen molar-refractivity contribution in [2.45, 2.75) is 39.2 Å². The highest BCUT2D eigenvalue weighted by molar-refractivity contribution is 5.76. The van der Waals surface area contributed by atoms with Crippen molar-refractivity contribution in [1.82, 2.24) is 15.2 Å². The Morgan fingerprint density at radius 2 is 1.93 bits per heavy atom. The third-order valence-corrected chi connectivity index (χ3v) is 4.14. The SMILES string of the molecule is CC(C)(C)OC(=O)NCCCC(=O)N1CCN(c2ccc([N+](=O)[O-])cn2)CC1. The van der Waals surface area contributed by atoms with Gasteiger partial charge in [0.2, 0.25) is 5.91 Å². The van der Waals surface area contributed by atoms with Crippen molar-refractivity contribution in [2.75, 3.05) is 37.6 Å². The number of aromatic nitrogens is 1. The van der Waals surface area contributed by atoms with Gasteiger partial charge in [0.05, 0.1) is 4.92 Å². The van der Waals surface area contributed by atoms with Crippen molar-refractivity contribution in [3.63, 3.8) is 0 Å². The average molecular weight is 393 g/mol. The molecule has 1 saturated heterocycles. The smallest absolute Gasteiger partial charge is 0.407 e. The largest absolute Gasteiger partial charge is 0.444 e. The van der Waals surface area contributed by atoms with E-state index in [1.54, 1.807) is 31.7 Å². The molecule has 0 radical (unpaired) electrons. The normalized spacial score (nSPS) is 14.5. The van der Waals surface area contributed by atoms with E-state index in [-0.39, 0.29) is 11.6 Å². The van der Waals surface area contributed by atoms with Crippen LogP contribution in [0.15, 0.2) is 18.3 Å². The molecule has 1 aromatic rings. The van der Waals surface area contributed by atoms with Crippen LogP contribution in [0.5, 0.6) is 0 Å². The number of hydrogen-bond acceptors (Lipinski definition) is 7. The first-order valence-electron chi connectivity index (χ1n) is 9.26. The number of anilines is 1. The van der Waals surface area contributed by atoms with Gasteiger partial charge in [0.1, 0.15) is 17.6 Å². The van der Waals surface area contributed by atoms with Crippen LogP contribution in [0.3, 0.4) is 0 Å². The molecule has 1 aliphatic heterocycles. The van der Waals surface area contributed by atoms with E-state index in [9.17, 15) is 19.7 Å². The van der Waals surface area contributed by atoms with Crippen molar-refractivity contribution in [2.24, 2.45) is 0 Å². The van der Waals surface area contributed by atoms with Gasteiger partial charge in [-0.05, 0) is 33.3 Å². The van der Waals surface area contributed by atoms with E-state index in [0.717, 1.165) is 0 Å². The highest BCUT2D eigenvalue weighted by Gasteiger charge is 2.22. The molecule has 2 heterocycles. The van der Waals surface area contributed by atoms with Crippen molar-refractivity contribution in [1.29, 1.82) is 0 Å². The number of alkyl carbamates (subject to hydrolysis) is 1. The number of rotatable bonds is 6. The Bertz CT molecular complexity index is 693. The first-order chi connectivity index (χ1) is 13.2. The summed E-state index contributed by atoms with van der Waals surface area (Å²) < 4.78 is 5.14. The van der Waals surface area contributed by atoms with Crippen molar-refractivity contribution >= 4 is 23.5 Å². The van der Waals surface area contributed by atoms with E-state index in [1.807, 2.05) is 4.90 Å². The molecule has 2 amide bonds. The predicted octanol–water partition coefficient (Wildman–Crippen LogP) is 1.94. The molecule has 154 valence electrons. The van der Waals surface area contributed by atoms with Crippen LogP contribution in [-0.2, 0) is 9.53 Å². The fraction of sp³-hybridized carbons (Fsp3) is 0.611. The number of hydrogen-bond donors (Lipinski definition) is 1. The van der Waals surface area contributed by atoms with Crippen molar-refractivity contribution < 1.29 is 19.2 Å². The van der Waals surface area contributed by atoms with Gasteiger partial charge in [-0.3, -0.25) is 14.9 Å². The highest BCUT2D eigenvalue weighted by atomic mass is 16.6. The van der Waals surface area contributed by atoms with Gasteiger partial charge in [-0.25, -0.2) is 9.78 Å². The Morgan fingerprint density at radius 3 is 2.46 bits per heavy atom. The highest BCUT2D eigenvalue weighted by Crippen LogP contribution is 2.17. The van der Waals surface area contributed by atoms with E-state index in [1.165, 1.54) is 12.3 Å². The lowest BCUT2D eigenvalue weighted by Gasteiger charge is -2.35. The number of nitro groups is 1. The summed E-state index contributed by atoms with van der Waals surface area (Å²) in [4.78, 5) is 42.0. The number of amides is 2. The topological polar surface area (TPSA) is 118 Å². The molecule has 1 aromatic heterocycles. The Labute approximate surface area is 164 Å². The second kappa shape index (κ2) is 9.34. The maximum Gasteiger partial charge on any atom is 0.407 e. The van der Waals surface area contributed by atoms with Gasteiger partial charge in [-0.2, -0.15) is 0 Å². The Morgan fingerprint density at radius 1 is 1.25 bits per heavy atom. The van der Waals surface area contributed by atoms with Crippen LogP contribution in [-0.4, -0.2) is 65.1 Å². The summed E-state index contributed by atoms with van der Waals surface area (Å²) in [5, 5.41) is 13.3. The monoisotopic (exact) mass is 393 g/mol. The molecule has 0 saturated carbocycles. The van der Waals surface area contributed by atoms with Gasteiger partial charge < -0.3 is 19.9 Å². The van der Waals surface area contributed by atoms with Gasteiger partial charge in [-0.1, -0.05) is 0 Å². The van der Waals surface area contributed by atoms with Crippen LogP contribution in [0.1, 0.15) is 33.6 Å². The minimum Gasteiger partial charge on any atom is -0.444 e. The molecule has 28 heavy (non-hydrogen) atoms. The van der Waals surface area contributed by atoms with Gasteiger partial charge in [-0.15, -0.1) is 0 Å². The third-order valence-electron chi connectivity index (χ3n) is 4.14. The maximum absolute atomic E-state index is 12.3. The molecule has 1 N–H and O–H groups in total. The summed E-state index contributed by atoms with van der Waals surface area (Å²) in [5.41, 5.74) is -0.587. The second-order valence-corrected chi connectivity index (χ2v) is 7.53. The lowest BCUT2D eigenvalue weighted by molar-refractivity contribution is -0.385. The van der Waals surface area contributed by atoms with Crippen LogP contribution < -0.4 is 10.2 Å². The van der Waals surface area contributed by atoms with E-state index in [0.29, 0.717) is 51.4 Å². The first-order valence-corrected chi connectivity index (χ1v) is 9.26. The molecule has 1 fully saturated rings. The molecular formula is C18H27N5O5. The van der Waals surface area contributed by atoms with Gasteiger partial charge in [0, 0.05) is 45.2 Å². The average Bonchev–Trinajstić information content (AvgIpc) is 2.64. The zero-order valence-electron chi connectivity index (χ0n) is 16.5. The predicted molar refractivity (Wildman–Crippen MR) is 103 cm³/mol. The zero-order chi connectivity index (χ0) is 20.7. The molecule has 1 aliphatic rings. The quantitative estimate of drug-likeness (QED) is 0.446. The Kier molecular flexibility index (Phi) is 7.13. The molecule has 10 heteroatoms. The third kappa shape index (κ3) is 6.67. The van der Waals surface area contributed by atoms with Crippen LogP contribution in [0.2, 0.25) is 0 Å². The molecule has 0 aliphatic carbocycles. The van der Waals surface area contributed by atoms with Crippen molar-refractivity contribution in [3.8, 4) is 0 Å². The van der Waals surface area contributed by atoms with E-state index in [4.69, 9.17) is 4.74 Å². The van der Waals surface area contributed by atoms with Gasteiger partial charge >= 0.3 is 6.09 Å². The standard InChI is InChI=1S/C18H27N5O5/c1-18(2,3)28-17(25)19-8-4-5-16(24)22-11-9-21(10-12-22)15-7-6-14(13-20-15)23(26)27/h6-7,13H,4-5,8-12H2,1-3H3,(H,19,25). The fourth-order valence-corrected chi connectivity index (χ4v) is 2.76. The minimum atomic E-state index is -0.544. The van der Waals surface area contributed by atoms with E-state index in [2.05, 4.69) is 10.3 Å². The van der Waals surface area contributed by atoms with Crippen LogP contribution >= 0.6 is 0 Å². The molecule has 10 nitrogen and oxygen atoms in total. The van der Waals surface area contributed by atoms with E-state index < -0.39 is 16.6 Å². The Hall–Kier alpha value is -2.91. The second-order valence-electron chi connectivity index (χ2n) is 7.53. The molecule has 2 rings (SSSR count). The van der Waals surface area contributed by atoms with E-state index >= 15 is 0 Å². The van der Waals surface area contributed by atoms with Crippen LogP contribution in [0.4, 0.5) is 16.3 Å². The summed E-state index contributed by atoms with van der Waals surface area (Å²) >= 11 is 0. The lowest BCUT2D eigenvalue weighted by Crippen LogP contribution is -2.49. The van der Waals surface area contributed by atoms with Crippen molar-refractivity contribution in [3.05, 3.63) is 28.4 Å². The summed E-state index contributed by atoms with van der Waals surface area (Å²) in [5.74, 6) is 0.710. The molecule has 0 spiro atoms. The molecule has 0 unspecified atom stereocenters. The summed E-state index contributed by atoms with van der Waals surface area (Å²) in [6.07, 6.45) is 1.65.